The number of aliphatic hydroxyl groups excluding tert-OH is 1. The largest absolute Gasteiger partial charge is 0.391 e. The van der Waals surface area contributed by atoms with Crippen molar-refractivity contribution in [1.29, 1.82) is 0 Å². The molecule has 0 saturated carbocycles. The van der Waals surface area contributed by atoms with Gasteiger partial charge in [0.15, 0.2) is 11.6 Å². The van der Waals surface area contributed by atoms with Gasteiger partial charge in [-0.2, -0.15) is 9.97 Å². The molecule has 0 radical (unpaired) electrons. The van der Waals surface area contributed by atoms with Crippen LogP contribution in [0.4, 0.5) is 23.3 Å². The van der Waals surface area contributed by atoms with Crippen LogP contribution in [-0.2, 0) is 6.54 Å². The summed E-state index contributed by atoms with van der Waals surface area (Å²) in [5.74, 6) is 1.81. The van der Waals surface area contributed by atoms with E-state index in [0.29, 0.717) is 24.1 Å². The van der Waals surface area contributed by atoms with Gasteiger partial charge in [0, 0.05) is 25.0 Å². The molecule has 26 heavy (non-hydrogen) atoms. The first-order valence-corrected chi connectivity index (χ1v) is 9.61. The Labute approximate surface area is 168 Å². The molecular weight excluding hydrogens is 445 g/mol. The van der Waals surface area contributed by atoms with Gasteiger partial charge in [0.1, 0.15) is 5.69 Å². The van der Waals surface area contributed by atoms with E-state index in [2.05, 4.69) is 57.3 Å². The molecular formula is C17H26IN7O. The Bertz CT molecular complexity index is 697. The molecule has 2 aromatic heterocycles. The molecule has 0 saturated heterocycles. The summed E-state index contributed by atoms with van der Waals surface area (Å²) in [6, 6.07) is 3.94. The highest BCUT2D eigenvalue weighted by Gasteiger charge is 2.17. The standard InChI is InChI=1S/C17H26IN7O/c1-10(2)21-16-14(25-18)15(20-9-13-6-5-7-19-8-13)23-17(24-16)22-11(3)12(4)26/h5-8,10-12,25-26H,9H2,1-4H3,(H3,20,21,22,23,24)/t11-,12-/m0/s1. The molecule has 5 N–H and O–H groups in total. The molecule has 2 rings (SSSR count). The van der Waals surface area contributed by atoms with Gasteiger partial charge in [0.05, 0.1) is 35.0 Å². The van der Waals surface area contributed by atoms with E-state index in [0.717, 1.165) is 11.3 Å². The van der Waals surface area contributed by atoms with E-state index in [9.17, 15) is 5.11 Å². The van der Waals surface area contributed by atoms with Crippen LogP contribution >= 0.6 is 22.9 Å². The summed E-state index contributed by atoms with van der Waals surface area (Å²) in [4.78, 5) is 13.3. The van der Waals surface area contributed by atoms with E-state index in [1.165, 1.54) is 0 Å². The summed E-state index contributed by atoms with van der Waals surface area (Å²) in [6.45, 7) is 8.30. The maximum absolute atomic E-state index is 9.75. The van der Waals surface area contributed by atoms with Crippen molar-refractivity contribution in [2.45, 2.75) is 52.4 Å². The zero-order chi connectivity index (χ0) is 19.1. The number of aromatic nitrogens is 3. The van der Waals surface area contributed by atoms with Gasteiger partial charge in [-0.3, -0.25) is 4.98 Å². The predicted octanol–water partition coefficient (Wildman–Crippen LogP) is 3.25. The van der Waals surface area contributed by atoms with Crippen molar-refractivity contribution in [3.05, 3.63) is 30.1 Å². The second-order valence-electron chi connectivity index (χ2n) is 6.40. The van der Waals surface area contributed by atoms with Crippen molar-refractivity contribution >= 4 is 46.1 Å². The topological polar surface area (TPSA) is 107 Å². The normalized spacial score (nSPS) is 13.2. The van der Waals surface area contributed by atoms with Crippen LogP contribution in [0.25, 0.3) is 0 Å². The lowest BCUT2D eigenvalue weighted by molar-refractivity contribution is 0.177. The third-order valence-corrected chi connectivity index (χ3v) is 4.23. The monoisotopic (exact) mass is 471 g/mol. The van der Waals surface area contributed by atoms with Crippen LogP contribution in [0, 0.1) is 0 Å². The molecule has 0 unspecified atom stereocenters. The lowest BCUT2D eigenvalue weighted by atomic mass is 10.2. The highest BCUT2D eigenvalue weighted by atomic mass is 127. The molecule has 0 aliphatic carbocycles. The molecule has 2 heterocycles. The summed E-state index contributed by atoms with van der Waals surface area (Å²) in [6.07, 6.45) is 3.04. The average Bonchev–Trinajstić information content (AvgIpc) is 2.60. The van der Waals surface area contributed by atoms with Gasteiger partial charge in [-0.25, -0.2) is 0 Å². The Kier molecular flexibility index (Phi) is 7.64. The van der Waals surface area contributed by atoms with E-state index < -0.39 is 6.10 Å². The average molecular weight is 471 g/mol. The number of rotatable bonds is 9. The smallest absolute Gasteiger partial charge is 0.227 e. The minimum Gasteiger partial charge on any atom is -0.391 e. The van der Waals surface area contributed by atoms with E-state index in [-0.39, 0.29) is 12.1 Å². The van der Waals surface area contributed by atoms with Crippen LogP contribution in [0.2, 0.25) is 0 Å². The number of nitrogens with one attached hydrogen (secondary N) is 4. The fourth-order valence-corrected chi connectivity index (χ4v) is 2.64. The predicted molar refractivity (Wildman–Crippen MR) is 115 cm³/mol. The molecule has 0 spiro atoms. The molecule has 9 heteroatoms. The third-order valence-electron chi connectivity index (χ3n) is 3.69. The quantitative estimate of drug-likeness (QED) is 0.280. The van der Waals surface area contributed by atoms with Gasteiger partial charge < -0.3 is 24.6 Å². The van der Waals surface area contributed by atoms with Crippen LogP contribution in [0.1, 0.15) is 33.3 Å². The Morgan fingerprint density at radius 1 is 1.12 bits per heavy atom. The molecule has 0 bridgehead atoms. The summed E-state index contributed by atoms with van der Waals surface area (Å²) in [5, 5.41) is 19.6. The number of anilines is 4. The maximum Gasteiger partial charge on any atom is 0.227 e. The number of pyridine rings is 1. The molecule has 0 amide bonds. The van der Waals surface area contributed by atoms with Crippen LogP contribution in [0.15, 0.2) is 24.5 Å². The van der Waals surface area contributed by atoms with Crippen molar-refractivity contribution in [3.8, 4) is 0 Å². The second-order valence-corrected chi connectivity index (χ2v) is 6.94. The highest BCUT2D eigenvalue weighted by molar-refractivity contribution is 14.1. The second kappa shape index (κ2) is 9.72. The van der Waals surface area contributed by atoms with Gasteiger partial charge in [-0.15, -0.1) is 0 Å². The van der Waals surface area contributed by atoms with Gasteiger partial charge in [0.2, 0.25) is 5.95 Å². The number of hydrogen-bond donors (Lipinski definition) is 5. The Morgan fingerprint density at radius 2 is 1.85 bits per heavy atom. The number of nitrogens with zero attached hydrogens (tertiary/aromatic N) is 3. The van der Waals surface area contributed by atoms with Crippen molar-refractivity contribution in [1.82, 2.24) is 15.0 Å². The Hall–Kier alpha value is -1.88. The number of hydrogen-bond acceptors (Lipinski definition) is 8. The first-order valence-electron chi connectivity index (χ1n) is 8.53. The summed E-state index contributed by atoms with van der Waals surface area (Å²) >= 11 is 2.07. The van der Waals surface area contributed by atoms with E-state index >= 15 is 0 Å². The lowest BCUT2D eigenvalue weighted by Crippen LogP contribution is -2.29. The molecule has 2 atom stereocenters. The Balaban J connectivity index is 2.32. The van der Waals surface area contributed by atoms with Gasteiger partial charge in [-0.05, 0) is 39.3 Å². The van der Waals surface area contributed by atoms with Crippen LogP contribution in [-0.4, -0.2) is 38.2 Å². The van der Waals surface area contributed by atoms with Crippen LogP contribution in [0.5, 0.6) is 0 Å². The molecule has 142 valence electrons. The lowest BCUT2D eigenvalue weighted by Gasteiger charge is -2.21. The van der Waals surface area contributed by atoms with Crippen molar-refractivity contribution in [2.24, 2.45) is 0 Å². The molecule has 0 aliphatic heterocycles. The van der Waals surface area contributed by atoms with Gasteiger partial charge in [-0.1, -0.05) is 6.07 Å². The fourth-order valence-electron chi connectivity index (χ4n) is 2.13. The van der Waals surface area contributed by atoms with E-state index in [1.807, 2.05) is 39.1 Å². The highest BCUT2D eigenvalue weighted by Crippen LogP contribution is 2.31. The van der Waals surface area contributed by atoms with Crippen molar-refractivity contribution in [3.63, 3.8) is 0 Å². The summed E-state index contributed by atoms with van der Waals surface area (Å²) in [7, 11) is 0. The van der Waals surface area contributed by atoms with Gasteiger partial charge in [0.25, 0.3) is 0 Å². The van der Waals surface area contributed by atoms with Crippen molar-refractivity contribution in [2.75, 3.05) is 19.5 Å². The third kappa shape index (κ3) is 5.84. The zero-order valence-corrected chi connectivity index (χ0v) is 17.6. The molecule has 0 aromatic carbocycles. The first-order chi connectivity index (χ1) is 12.4. The number of halogens is 1. The molecule has 2 aromatic rings. The van der Waals surface area contributed by atoms with Crippen LogP contribution in [0.3, 0.4) is 0 Å². The first kappa shape index (κ1) is 20.4. The number of aliphatic hydroxyl groups is 1. The Morgan fingerprint density at radius 3 is 2.42 bits per heavy atom. The minimum atomic E-state index is -0.519. The van der Waals surface area contributed by atoms with E-state index in [1.54, 1.807) is 13.1 Å². The zero-order valence-electron chi connectivity index (χ0n) is 15.4. The minimum absolute atomic E-state index is 0.175. The SMILES string of the molecule is CC(C)Nc1nc(N[C@@H](C)[C@H](C)O)nc(NCc2cccnc2)c1NI. The van der Waals surface area contributed by atoms with Crippen molar-refractivity contribution < 1.29 is 5.11 Å². The maximum atomic E-state index is 9.75. The molecule has 0 fully saturated rings. The van der Waals surface area contributed by atoms with E-state index in [4.69, 9.17) is 0 Å². The summed E-state index contributed by atoms with van der Waals surface area (Å²) < 4.78 is 3.14. The molecule has 0 aliphatic rings. The van der Waals surface area contributed by atoms with Gasteiger partial charge >= 0.3 is 0 Å². The molecule has 8 nitrogen and oxygen atoms in total. The fraction of sp³-hybridized carbons (Fsp3) is 0.471. The van der Waals surface area contributed by atoms with Crippen LogP contribution < -0.4 is 19.5 Å². The summed E-state index contributed by atoms with van der Waals surface area (Å²) in [5.41, 5.74) is 1.83.